The molecule has 2 aromatic rings. The average molecular weight is 275 g/mol. The zero-order chi connectivity index (χ0) is 14.6. The number of rotatable bonds is 7. The summed E-state index contributed by atoms with van der Waals surface area (Å²) >= 11 is 0. The van der Waals surface area contributed by atoms with Gasteiger partial charge in [-0.1, -0.05) is 32.0 Å². The van der Waals surface area contributed by atoms with E-state index in [0.29, 0.717) is 0 Å². The van der Waals surface area contributed by atoms with Gasteiger partial charge in [-0.3, -0.25) is 4.68 Å². The van der Waals surface area contributed by atoms with Crippen LogP contribution < -0.4 is 5.32 Å². The number of fused-ring (bicyclic) bond motifs is 1. The van der Waals surface area contributed by atoms with Crippen molar-refractivity contribution in [3.8, 4) is 0 Å². The molecule has 0 aliphatic rings. The summed E-state index contributed by atoms with van der Waals surface area (Å²) < 4.78 is 7.03. The smallest absolute Gasteiger partial charge is 0.0709 e. The molecule has 0 amide bonds. The number of hydrogen-bond donors (Lipinski definition) is 1. The van der Waals surface area contributed by atoms with Gasteiger partial charge in [0, 0.05) is 32.6 Å². The van der Waals surface area contributed by atoms with Crippen LogP contribution in [0.4, 0.5) is 0 Å². The number of para-hydroxylation sites is 1. The van der Waals surface area contributed by atoms with Crippen LogP contribution in [0.5, 0.6) is 0 Å². The van der Waals surface area contributed by atoms with Crippen molar-refractivity contribution in [1.29, 1.82) is 0 Å². The molecule has 0 fully saturated rings. The fraction of sp³-hybridized carbons (Fsp3) is 0.562. The van der Waals surface area contributed by atoms with E-state index in [2.05, 4.69) is 48.5 Å². The Morgan fingerprint density at radius 2 is 2.05 bits per heavy atom. The van der Waals surface area contributed by atoms with Crippen LogP contribution in [0.2, 0.25) is 0 Å². The molecule has 0 spiro atoms. The van der Waals surface area contributed by atoms with Crippen molar-refractivity contribution in [3.63, 3.8) is 0 Å². The lowest BCUT2D eigenvalue weighted by atomic mass is 9.87. The van der Waals surface area contributed by atoms with Crippen molar-refractivity contribution in [3.05, 3.63) is 30.0 Å². The monoisotopic (exact) mass is 275 g/mol. The molecule has 110 valence electrons. The first-order valence-corrected chi connectivity index (χ1v) is 7.14. The van der Waals surface area contributed by atoms with E-state index in [1.165, 1.54) is 16.6 Å². The standard InChI is InChI=1S/C16H25N3O/c1-16(2,12-17-9-10-20-4)11-14-13-7-5-6-8-15(13)19(3)18-14/h5-8,17H,9-12H2,1-4H3. The van der Waals surface area contributed by atoms with Crippen LogP contribution in [0.1, 0.15) is 19.5 Å². The molecule has 0 atom stereocenters. The Morgan fingerprint density at radius 1 is 1.30 bits per heavy atom. The molecule has 20 heavy (non-hydrogen) atoms. The van der Waals surface area contributed by atoms with Crippen LogP contribution >= 0.6 is 0 Å². The Balaban J connectivity index is 2.07. The second-order valence-corrected chi connectivity index (χ2v) is 6.10. The second-order valence-electron chi connectivity index (χ2n) is 6.10. The molecule has 4 heteroatoms. The fourth-order valence-electron chi connectivity index (χ4n) is 2.54. The fourth-order valence-corrected chi connectivity index (χ4v) is 2.54. The van der Waals surface area contributed by atoms with E-state index in [-0.39, 0.29) is 5.41 Å². The maximum absolute atomic E-state index is 5.06. The maximum Gasteiger partial charge on any atom is 0.0709 e. The van der Waals surface area contributed by atoms with Gasteiger partial charge in [0.05, 0.1) is 17.8 Å². The van der Waals surface area contributed by atoms with Crippen molar-refractivity contribution in [2.75, 3.05) is 26.8 Å². The van der Waals surface area contributed by atoms with Crippen LogP contribution in [0.3, 0.4) is 0 Å². The molecule has 1 heterocycles. The number of benzene rings is 1. The molecule has 0 aliphatic carbocycles. The van der Waals surface area contributed by atoms with Gasteiger partial charge in [0.2, 0.25) is 0 Å². The number of aryl methyl sites for hydroxylation is 1. The summed E-state index contributed by atoms with van der Waals surface area (Å²) in [5.41, 5.74) is 2.55. The predicted octanol–water partition coefficient (Wildman–Crippen LogP) is 2.38. The minimum atomic E-state index is 0.171. The average Bonchev–Trinajstić information content (AvgIpc) is 2.72. The summed E-state index contributed by atoms with van der Waals surface area (Å²) in [6.07, 6.45) is 0.967. The van der Waals surface area contributed by atoms with Gasteiger partial charge in [-0.15, -0.1) is 0 Å². The largest absolute Gasteiger partial charge is 0.383 e. The lowest BCUT2D eigenvalue weighted by molar-refractivity contribution is 0.194. The Kier molecular flexibility index (Phi) is 4.78. The van der Waals surface area contributed by atoms with Crippen LogP contribution in [0, 0.1) is 5.41 Å². The molecule has 0 unspecified atom stereocenters. The van der Waals surface area contributed by atoms with Gasteiger partial charge in [-0.25, -0.2) is 0 Å². The molecule has 1 aromatic heterocycles. The summed E-state index contributed by atoms with van der Waals surface area (Å²) in [6, 6.07) is 8.42. The van der Waals surface area contributed by atoms with Gasteiger partial charge in [-0.05, 0) is 17.9 Å². The normalized spacial score (nSPS) is 12.2. The maximum atomic E-state index is 5.06. The zero-order valence-electron chi connectivity index (χ0n) is 12.9. The second kappa shape index (κ2) is 6.37. The Hall–Kier alpha value is -1.39. The van der Waals surface area contributed by atoms with Gasteiger partial charge in [0.25, 0.3) is 0 Å². The molecule has 0 aliphatic heterocycles. The van der Waals surface area contributed by atoms with Crippen LogP contribution in [0.25, 0.3) is 10.9 Å². The molecule has 0 saturated carbocycles. The highest BCUT2D eigenvalue weighted by molar-refractivity contribution is 5.81. The quantitative estimate of drug-likeness (QED) is 0.789. The third kappa shape index (κ3) is 3.58. The number of nitrogens with zero attached hydrogens (tertiary/aromatic N) is 2. The van der Waals surface area contributed by atoms with Crippen molar-refractivity contribution in [2.24, 2.45) is 12.5 Å². The summed E-state index contributed by atoms with van der Waals surface area (Å²) in [7, 11) is 3.74. The van der Waals surface area contributed by atoms with Crippen molar-refractivity contribution in [2.45, 2.75) is 20.3 Å². The van der Waals surface area contributed by atoms with Crippen molar-refractivity contribution in [1.82, 2.24) is 15.1 Å². The molecular weight excluding hydrogens is 250 g/mol. The molecule has 0 saturated heterocycles. The highest BCUT2D eigenvalue weighted by Gasteiger charge is 2.21. The van der Waals surface area contributed by atoms with E-state index in [1.54, 1.807) is 7.11 Å². The summed E-state index contributed by atoms with van der Waals surface area (Å²) in [4.78, 5) is 0. The van der Waals surface area contributed by atoms with Crippen molar-refractivity contribution < 1.29 is 4.74 Å². The van der Waals surface area contributed by atoms with Gasteiger partial charge >= 0.3 is 0 Å². The molecule has 0 bridgehead atoms. The first-order valence-electron chi connectivity index (χ1n) is 7.14. The van der Waals surface area contributed by atoms with Gasteiger partial charge in [-0.2, -0.15) is 5.10 Å². The number of ether oxygens (including phenoxy) is 1. The highest BCUT2D eigenvalue weighted by Crippen LogP contribution is 2.25. The SMILES string of the molecule is COCCNCC(C)(C)Cc1nn(C)c2ccccc12. The van der Waals surface area contributed by atoms with E-state index in [0.717, 1.165) is 26.1 Å². The topological polar surface area (TPSA) is 39.1 Å². The third-order valence-electron chi connectivity index (χ3n) is 3.57. The van der Waals surface area contributed by atoms with Crippen LogP contribution in [-0.2, 0) is 18.2 Å². The summed E-state index contributed by atoms with van der Waals surface area (Å²) in [5, 5.41) is 9.39. The number of hydrogen-bond acceptors (Lipinski definition) is 3. The molecule has 4 nitrogen and oxygen atoms in total. The lowest BCUT2D eigenvalue weighted by Crippen LogP contribution is -2.33. The summed E-state index contributed by atoms with van der Waals surface area (Å²) in [5.74, 6) is 0. The minimum Gasteiger partial charge on any atom is -0.383 e. The molecular formula is C16H25N3O. The Bertz CT molecular complexity index is 560. The van der Waals surface area contributed by atoms with Gasteiger partial charge < -0.3 is 10.1 Å². The highest BCUT2D eigenvalue weighted by atomic mass is 16.5. The predicted molar refractivity (Wildman–Crippen MR) is 82.9 cm³/mol. The van der Waals surface area contributed by atoms with E-state index >= 15 is 0 Å². The van der Waals surface area contributed by atoms with Crippen LogP contribution in [-0.4, -0.2) is 36.6 Å². The minimum absolute atomic E-state index is 0.171. The Labute approximate surface area is 121 Å². The summed E-state index contributed by atoms with van der Waals surface area (Å²) in [6.45, 7) is 7.15. The van der Waals surface area contributed by atoms with E-state index in [9.17, 15) is 0 Å². The molecule has 2 rings (SSSR count). The first kappa shape index (κ1) is 15.0. The van der Waals surface area contributed by atoms with E-state index < -0.39 is 0 Å². The number of nitrogens with one attached hydrogen (secondary N) is 1. The zero-order valence-corrected chi connectivity index (χ0v) is 12.9. The molecule has 0 radical (unpaired) electrons. The van der Waals surface area contributed by atoms with E-state index in [4.69, 9.17) is 4.74 Å². The number of methoxy groups -OCH3 is 1. The lowest BCUT2D eigenvalue weighted by Gasteiger charge is -2.24. The molecule has 1 aromatic carbocycles. The number of aromatic nitrogens is 2. The molecule has 1 N–H and O–H groups in total. The van der Waals surface area contributed by atoms with Gasteiger partial charge in [0.15, 0.2) is 0 Å². The van der Waals surface area contributed by atoms with Crippen molar-refractivity contribution >= 4 is 10.9 Å². The van der Waals surface area contributed by atoms with Crippen LogP contribution in [0.15, 0.2) is 24.3 Å². The van der Waals surface area contributed by atoms with E-state index in [1.807, 2.05) is 11.7 Å². The van der Waals surface area contributed by atoms with Gasteiger partial charge in [0.1, 0.15) is 0 Å². The third-order valence-corrected chi connectivity index (χ3v) is 3.57. The Morgan fingerprint density at radius 3 is 2.80 bits per heavy atom. The first-order chi connectivity index (χ1) is 9.53.